The first-order valence-corrected chi connectivity index (χ1v) is 7.94. The Balaban J connectivity index is 1.62. The average Bonchev–Trinajstić information content (AvgIpc) is 3.47. The fraction of sp³-hybridized carbons (Fsp3) is 0.158. The van der Waals surface area contributed by atoms with Gasteiger partial charge >= 0.3 is 0 Å². The van der Waals surface area contributed by atoms with Gasteiger partial charge in [-0.15, -0.1) is 0 Å². The van der Waals surface area contributed by atoms with Gasteiger partial charge < -0.3 is 0 Å². The molecule has 24 heavy (non-hydrogen) atoms. The largest absolute Gasteiger partial charge is 0.272 e. The molecule has 118 valence electrons. The normalized spacial score (nSPS) is 14.2. The van der Waals surface area contributed by atoms with Crippen LogP contribution < -0.4 is 5.43 Å². The van der Waals surface area contributed by atoms with Crippen molar-refractivity contribution in [1.29, 1.82) is 0 Å². The van der Waals surface area contributed by atoms with E-state index in [9.17, 15) is 4.79 Å². The molecule has 0 aliphatic heterocycles. The van der Waals surface area contributed by atoms with E-state index in [-0.39, 0.29) is 5.91 Å². The summed E-state index contributed by atoms with van der Waals surface area (Å²) >= 11 is 0. The number of benzene rings is 1. The summed E-state index contributed by atoms with van der Waals surface area (Å²) in [6.07, 6.45) is 7.26. The molecule has 1 fully saturated rings. The van der Waals surface area contributed by atoms with Crippen LogP contribution in [-0.2, 0) is 0 Å². The standard InChI is InChI=1S/C19H16N4O/c24-19(23-21-12-13-7-9-20-10-8-13)16-11-18(14-5-6-14)22-17-4-2-1-3-15(16)17/h1-4,7-12,14H,5-6H2,(H,23,24)/b21-12-. The Morgan fingerprint density at radius 3 is 2.75 bits per heavy atom. The van der Waals surface area contributed by atoms with Crippen LogP contribution in [0.4, 0.5) is 0 Å². The number of carbonyl (C=O) groups is 1. The minimum atomic E-state index is -0.221. The zero-order chi connectivity index (χ0) is 16.4. The maximum Gasteiger partial charge on any atom is 0.272 e. The molecule has 1 N–H and O–H groups in total. The molecule has 2 heterocycles. The van der Waals surface area contributed by atoms with Crippen molar-refractivity contribution in [1.82, 2.24) is 15.4 Å². The molecule has 5 nitrogen and oxygen atoms in total. The molecule has 3 aromatic rings. The van der Waals surface area contributed by atoms with Gasteiger partial charge in [-0.3, -0.25) is 14.8 Å². The monoisotopic (exact) mass is 316 g/mol. The van der Waals surface area contributed by atoms with Crippen LogP contribution in [0.2, 0.25) is 0 Å². The van der Waals surface area contributed by atoms with Crippen molar-refractivity contribution < 1.29 is 4.79 Å². The number of hydrazone groups is 1. The lowest BCUT2D eigenvalue weighted by atomic mass is 10.1. The molecule has 0 bridgehead atoms. The van der Waals surface area contributed by atoms with Gasteiger partial charge in [0.25, 0.3) is 5.91 Å². The Morgan fingerprint density at radius 1 is 1.17 bits per heavy atom. The van der Waals surface area contributed by atoms with Crippen LogP contribution in [0.3, 0.4) is 0 Å². The molecule has 2 aromatic heterocycles. The summed E-state index contributed by atoms with van der Waals surface area (Å²) in [5.41, 5.74) is 5.96. The number of pyridine rings is 2. The van der Waals surface area contributed by atoms with Gasteiger partial charge in [-0.2, -0.15) is 5.10 Å². The highest BCUT2D eigenvalue weighted by Crippen LogP contribution is 2.40. The summed E-state index contributed by atoms with van der Waals surface area (Å²) in [5, 5.41) is 4.89. The molecule has 1 saturated carbocycles. The first-order chi connectivity index (χ1) is 11.8. The predicted molar refractivity (Wildman–Crippen MR) is 93.0 cm³/mol. The van der Waals surface area contributed by atoms with E-state index in [1.54, 1.807) is 18.6 Å². The smallest absolute Gasteiger partial charge is 0.267 e. The number of fused-ring (bicyclic) bond motifs is 1. The lowest BCUT2D eigenvalue weighted by molar-refractivity contribution is 0.0956. The van der Waals surface area contributed by atoms with Crippen LogP contribution in [0.1, 0.15) is 40.4 Å². The molecule has 0 saturated heterocycles. The Kier molecular flexibility index (Phi) is 3.75. The maximum atomic E-state index is 12.6. The van der Waals surface area contributed by atoms with Gasteiger partial charge in [-0.25, -0.2) is 5.43 Å². The maximum absolute atomic E-state index is 12.6. The fourth-order valence-corrected chi connectivity index (χ4v) is 2.65. The minimum absolute atomic E-state index is 0.221. The highest BCUT2D eigenvalue weighted by Gasteiger charge is 2.26. The van der Waals surface area contributed by atoms with E-state index in [0.29, 0.717) is 11.5 Å². The van der Waals surface area contributed by atoms with Gasteiger partial charge in [0.15, 0.2) is 0 Å². The summed E-state index contributed by atoms with van der Waals surface area (Å²) in [4.78, 5) is 21.2. The second-order valence-electron chi connectivity index (χ2n) is 5.87. The van der Waals surface area contributed by atoms with Crippen molar-refractivity contribution in [2.75, 3.05) is 0 Å². The first-order valence-electron chi connectivity index (χ1n) is 7.94. The average molecular weight is 316 g/mol. The number of nitrogens with one attached hydrogen (secondary N) is 1. The van der Waals surface area contributed by atoms with Crippen molar-refractivity contribution in [2.24, 2.45) is 5.10 Å². The number of amides is 1. The molecule has 1 aliphatic rings. The first kappa shape index (κ1) is 14.5. The molecule has 5 heteroatoms. The molecule has 1 aliphatic carbocycles. The predicted octanol–water partition coefficient (Wildman–Crippen LogP) is 3.27. The van der Waals surface area contributed by atoms with Gasteiger partial charge in [0.1, 0.15) is 0 Å². The highest BCUT2D eigenvalue weighted by molar-refractivity contribution is 6.06. The van der Waals surface area contributed by atoms with E-state index >= 15 is 0 Å². The summed E-state index contributed by atoms with van der Waals surface area (Å²) in [7, 11) is 0. The summed E-state index contributed by atoms with van der Waals surface area (Å²) in [6, 6.07) is 13.3. The Bertz CT molecular complexity index is 917. The van der Waals surface area contributed by atoms with Crippen LogP contribution in [0.15, 0.2) is 60.0 Å². The third kappa shape index (κ3) is 3.01. The second-order valence-corrected chi connectivity index (χ2v) is 5.87. The molecule has 0 radical (unpaired) electrons. The molecule has 1 amide bonds. The highest BCUT2D eigenvalue weighted by atomic mass is 16.2. The van der Waals surface area contributed by atoms with Gasteiger partial charge in [0.05, 0.1) is 17.3 Å². The second kappa shape index (κ2) is 6.20. The third-order valence-electron chi connectivity index (χ3n) is 4.06. The number of aromatic nitrogens is 2. The number of para-hydroxylation sites is 1. The van der Waals surface area contributed by atoms with Crippen molar-refractivity contribution >= 4 is 23.0 Å². The van der Waals surface area contributed by atoms with E-state index in [1.165, 1.54) is 0 Å². The SMILES string of the molecule is O=C(N/N=C\c1ccncc1)c1cc(C2CC2)nc2ccccc12. The van der Waals surface area contributed by atoms with E-state index in [0.717, 1.165) is 35.0 Å². The number of carbonyl (C=O) groups excluding carboxylic acids is 1. The van der Waals surface area contributed by atoms with Crippen molar-refractivity contribution in [3.05, 3.63) is 71.7 Å². The molecule has 0 unspecified atom stereocenters. The van der Waals surface area contributed by atoms with Crippen LogP contribution in [0.25, 0.3) is 10.9 Å². The van der Waals surface area contributed by atoms with E-state index < -0.39 is 0 Å². The van der Waals surface area contributed by atoms with Crippen molar-refractivity contribution in [3.63, 3.8) is 0 Å². The Hall–Kier alpha value is -3.08. The number of nitrogens with zero attached hydrogens (tertiary/aromatic N) is 3. The lowest BCUT2D eigenvalue weighted by Crippen LogP contribution is -2.18. The Morgan fingerprint density at radius 2 is 1.96 bits per heavy atom. The fourth-order valence-electron chi connectivity index (χ4n) is 2.65. The molecular formula is C19H16N4O. The van der Waals surface area contributed by atoms with Crippen molar-refractivity contribution in [3.8, 4) is 0 Å². The van der Waals surface area contributed by atoms with Crippen LogP contribution >= 0.6 is 0 Å². The van der Waals surface area contributed by atoms with Crippen molar-refractivity contribution in [2.45, 2.75) is 18.8 Å². The van der Waals surface area contributed by atoms with E-state index in [2.05, 4.69) is 20.5 Å². The molecule has 1 aromatic carbocycles. The lowest BCUT2D eigenvalue weighted by Gasteiger charge is -2.08. The molecule has 4 rings (SSSR count). The van der Waals surface area contributed by atoms with Gasteiger partial charge in [-0.1, -0.05) is 18.2 Å². The zero-order valence-electron chi connectivity index (χ0n) is 13.0. The topological polar surface area (TPSA) is 67.2 Å². The number of hydrogen-bond donors (Lipinski definition) is 1. The number of hydrogen-bond acceptors (Lipinski definition) is 4. The molecule has 0 atom stereocenters. The van der Waals surface area contributed by atoms with E-state index in [4.69, 9.17) is 0 Å². The van der Waals surface area contributed by atoms with Gasteiger partial charge in [-0.05, 0) is 42.7 Å². The Labute approximate surface area is 139 Å². The van der Waals surface area contributed by atoms with Crippen LogP contribution in [0, 0.1) is 0 Å². The summed E-state index contributed by atoms with van der Waals surface area (Å²) < 4.78 is 0. The molecule has 0 spiro atoms. The van der Waals surface area contributed by atoms with Gasteiger partial charge in [0.2, 0.25) is 0 Å². The number of rotatable bonds is 4. The third-order valence-corrected chi connectivity index (χ3v) is 4.06. The molecular weight excluding hydrogens is 300 g/mol. The van der Waals surface area contributed by atoms with Gasteiger partial charge in [0, 0.05) is 29.4 Å². The van der Waals surface area contributed by atoms with Crippen LogP contribution in [-0.4, -0.2) is 22.1 Å². The summed E-state index contributed by atoms with van der Waals surface area (Å²) in [6.45, 7) is 0. The summed E-state index contributed by atoms with van der Waals surface area (Å²) in [5.74, 6) is 0.266. The minimum Gasteiger partial charge on any atom is -0.267 e. The zero-order valence-corrected chi connectivity index (χ0v) is 13.0. The van der Waals surface area contributed by atoms with Crippen LogP contribution in [0.5, 0.6) is 0 Å². The quantitative estimate of drug-likeness (QED) is 0.593. The van der Waals surface area contributed by atoms with E-state index in [1.807, 2.05) is 42.5 Å².